The van der Waals surface area contributed by atoms with Crippen LogP contribution in [0.15, 0.2) is 18.5 Å². The Balaban J connectivity index is 2.10. The highest BCUT2D eigenvalue weighted by atomic mass is 32.1. The predicted molar refractivity (Wildman–Crippen MR) is 51.9 cm³/mol. The van der Waals surface area contributed by atoms with Crippen molar-refractivity contribution in [2.24, 2.45) is 5.73 Å². The van der Waals surface area contributed by atoms with E-state index in [1.165, 1.54) is 11.5 Å². The molecule has 0 saturated heterocycles. The second-order valence-corrected chi connectivity index (χ2v) is 3.30. The van der Waals surface area contributed by atoms with Crippen molar-refractivity contribution in [1.82, 2.24) is 14.6 Å². The van der Waals surface area contributed by atoms with E-state index in [1.807, 2.05) is 6.07 Å². The summed E-state index contributed by atoms with van der Waals surface area (Å²) in [5.41, 5.74) is 7.26. The van der Waals surface area contributed by atoms with Gasteiger partial charge in [-0.1, -0.05) is 0 Å². The van der Waals surface area contributed by atoms with E-state index >= 15 is 0 Å². The van der Waals surface area contributed by atoms with E-state index in [0.717, 1.165) is 16.4 Å². The Hall–Kier alpha value is -1.40. The first-order valence-corrected chi connectivity index (χ1v) is 4.57. The van der Waals surface area contributed by atoms with Crippen molar-refractivity contribution >= 4 is 22.2 Å². The van der Waals surface area contributed by atoms with Crippen LogP contribution in [0.2, 0.25) is 0 Å². The average Bonchev–Trinajstić information content (AvgIpc) is 2.76. The van der Waals surface area contributed by atoms with Crippen molar-refractivity contribution in [3.05, 3.63) is 24.2 Å². The highest BCUT2D eigenvalue weighted by Crippen LogP contribution is 2.20. The molecule has 2 aromatic rings. The van der Waals surface area contributed by atoms with Crippen molar-refractivity contribution in [3.8, 4) is 0 Å². The maximum atomic E-state index is 5.43. The number of nitrogens with two attached hydrogens (primary N) is 1. The van der Waals surface area contributed by atoms with Gasteiger partial charge in [0.1, 0.15) is 5.00 Å². The first-order chi connectivity index (χ1) is 6.38. The molecule has 0 unspecified atom stereocenters. The molecule has 68 valence electrons. The molecule has 0 aliphatic carbocycles. The fraction of sp³-hybridized carbons (Fsp3) is 0.143. The lowest BCUT2D eigenvalue weighted by molar-refractivity contribution is 1.03. The molecule has 5 nitrogen and oxygen atoms in total. The molecular weight excluding hydrogens is 186 g/mol. The number of nitrogens with zero attached hydrogens (tertiary/aromatic N) is 2. The maximum Gasteiger partial charge on any atom is 0.114 e. The van der Waals surface area contributed by atoms with Gasteiger partial charge in [-0.2, -0.15) is 9.47 Å². The summed E-state index contributed by atoms with van der Waals surface area (Å²) < 4.78 is 4.14. The average molecular weight is 195 g/mol. The van der Waals surface area contributed by atoms with E-state index in [9.17, 15) is 0 Å². The zero-order valence-corrected chi connectivity index (χ0v) is 7.64. The third-order valence-corrected chi connectivity index (χ3v) is 2.28. The molecule has 2 heterocycles. The summed E-state index contributed by atoms with van der Waals surface area (Å²) in [6.45, 7) is 0.476. The fourth-order valence-electron chi connectivity index (χ4n) is 0.928. The molecule has 0 bridgehead atoms. The molecule has 0 saturated carbocycles. The molecule has 6 heteroatoms. The number of aromatic amines is 1. The SMILES string of the molecule is NCc1cc(Nc2cn[nH]c2)sn1. The zero-order chi connectivity index (χ0) is 9.10. The molecule has 0 aliphatic heterocycles. The Kier molecular flexibility index (Phi) is 2.24. The minimum atomic E-state index is 0.476. The first kappa shape index (κ1) is 8.21. The predicted octanol–water partition coefficient (Wildman–Crippen LogP) is 1.07. The Labute approximate surface area is 79.1 Å². The summed E-state index contributed by atoms with van der Waals surface area (Å²) in [4.78, 5) is 0. The van der Waals surface area contributed by atoms with Crippen LogP contribution in [0.1, 0.15) is 5.69 Å². The van der Waals surface area contributed by atoms with Gasteiger partial charge in [-0.05, 0) is 17.6 Å². The third-order valence-electron chi connectivity index (χ3n) is 1.53. The quantitative estimate of drug-likeness (QED) is 0.684. The van der Waals surface area contributed by atoms with Crippen molar-refractivity contribution in [1.29, 1.82) is 0 Å². The molecule has 0 aromatic carbocycles. The van der Waals surface area contributed by atoms with E-state index < -0.39 is 0 Å². The first-order valence-electron chi connectivity index (χ1n) is 3.80. The van der Waals surface area contributed by atoms with Gasteiger partial charge in [0.05, 0.1) is 17.6 Å². The van der Waals surface area contributed by atoms with Gasteiger partial charge in [0.25, 0.3) is 0 Å². The summed E-state index contributed by atoms with van der Waals surface area (Å²) in [6.07, 6.45) is 3.49. The summed E-state index contributed by atoms with van der Waals surface area (Å²) in [5.74, 6) is 0. The van der Waals surface area contributed by atoms with Crippen LogP contribution in [-0.4, -0.2) is 14.6 Å². The number of hydrogen-bond acceptors (Lipinski definition) is 5. The van der Waals surface area contributed by atoms with Crippen molar-refractivity contribution in [3.63, 3.8) is 0 Å². The molecule has 0 radical (unpaired) electrons. The molecule has 2 aromatic heterocycles. The second kappa shape index (κ2) is 3.55. The summed E-state index contributed by atoms with van der Waals surface area (Å²) in [7, 11) is 0. The molecule has 0 spiro atoms. The van der Waals surface area contributed by atoms with Crippen molar-refractivity contribution < 1.29 is 0 Å². The number of H-pyrrole nitrogens is 1. The molecule has 0 amide bonds. The van der Waals surface area contributed by atoms with Gasteiger partial charge in [-0.25, -0.2) is 0 Å². The largest absolute Gasteiger partial charge is 0.343 e. The van der Waals surface area contributed by atoms with Crippen LogP contribution in [0, 0.1) is 0 Å². The summed E-state index contributed by atoms with van der Waals surface area (Å²) in [6, 6.07) is 1.93. The van der Waals surface area contributed by atoms with Crippen molar-refractivity contribution in [2.75, 3.05) is 5.32 Å². The highest BCUT2D eigenvalue weighted by Gasteiger charge is 2.00. The van der Waals surface area contributed by atoms with Crippen LogP contribution in [0.25, 0.3) is 0 Å². The molecular formula is C7H9N5S. The van der Waals surface area contributed by atoms with Gasteiger partial charge in [0.2, 0.25) is 0 Å². The lowest BCUT2D eigenvalue weighted by Gasteiger charge is -1.94. The van der Waals surface area contributed by atoms with Crippen LogP contribution in [0.5, 0.6) is 0 Å². The van der Waals surface area contributed by atoms with Crippen LogP contribution < -0.4 is 11.1 Å². The number of hydrogen-bond donors (Lipinski definition) is 3. The second-order valence-electron chi connectivity index (χ2n) is 2.50. The van der Waals surface area contributed by atoms with Gasteiger partial charge < -0.3 is 11.1 Å². The summed E-state index contributed by atoms with van der Waals surface area (Å²) in [5, 5.41) is 10.7. The smallest absolute Gasteiger partial charge is 0.114 e. The van der Waals surface area contributed by atoms with E-state index in [2.05, 4.69) is 19.9 Å². The van der Waals surface area contributed by atoms with E-state index in [-0.39, 0.29) is 0 Å². The molecule has 0 atom stereocenters. The number of nitrogens with one attached hydrogen (secondary N) is 2. The van der Waals surface area contributed by atoms with Crippen LogP contribution >= 0.6 is 11.5 Å². The number of anilines is 2. The minimum absolute atomic E-state index is 0.476. The Morgan fingerprint density at radius 3 is 3.15 bits per heavy atom. The van der Waals surface area contributed by atoms with E-state index in [4.69, 9.17) is 5.73 Å². The molecule has 13 heavy (non-hydrogen) atoms. The third kappa shape index (κ3) is 1.85. The fourth-order valence-corrected chi connectivity index (χ4v) is 1.62. The molecule has 2 rings (SSSR count). The lowest BCUT2D eigenvalue weighted by atomic mass is 10.4. The van der Waals surface area contributed by atoms with Gasteiger partial charge in [-0.15, -0.1) is 0 Å². The topological polar surface area (TPSA) is 79.6 Å². The molecule has 4 N–H and O–H groups in total. The molecule has 0 fully saturated rings. The van der Waals surface area contributed by atoms with Gasteiger partial charge in [0.15, 0.2) is 0 Å². The Morgan fingerprint density at radius 1 is 1.62 bits per heavy atom. The monoisotopic (exact) mass is 195 g/mol. The number of rotatable bonds is 3. The Bertz CT molecular complexity index is 366. The minimum Gasteiger partial charge on any atom is -0.343 e. The van der Waals surface area contributed by atoms with Gasteiger partial charge >= 0.3 is 0 Å². The van der Waals surface area contributed by atoms with E-state index in [0.29, 0.717) is 6.54 Å². The van der Waals surface area contributed by atoms with Crippen LogP contribution in [0.4, 0.5) is 10.7 Å². The van der Waals surface area contributed by atoms with E-state index in [1.54, 1.807) is 12.4 Å². The molecule has 0 aliphatic rings. The highest BCUT2D eigenvalue weighted by molar-refractivity contribution is 7.10. The van der Waals surface area contributed by atoms with Gasteiger partial charge in [-0.3, -0.25) is 5.10 Å². The normalized spacial score (nSPS) is 10.2. The van der Waals surface area contributed by atoms with Crippen LogP contribution in [0.3, 0.4) is 0 Å². The van der Waals surface area contributed by atoms with Gasteiger partial charge in [0, 0.05) is 12.7 Å². The maximum absolute atomic E-state index is 5.43. The lowest BCUT2D eigenvalue weighted by Crippen LogP contribution is -1.94. The van der Waals surface area contributed by atoms with Crippen LogP contribution in [-0.2, 0) is 6.54 Å². The Morgan fingerprint density at radius 2 is 2.54 bits per heavy atom. The number of aromatic nitrogens is 3. The zero-order valence-electron chi connectivity index (χ0n) is 6.82. The summed E-state index contributed by atoms with van der Waals surface area (Å²) >= 11 is 1.39. The van der Waals surface area contributed by atoms with Crippen molar-refractivity contribution in [2.45, 2.75) is 6.54 Å². The standard InChI is InChI=1S/C7H9N5S/c8-2-5-1-7(13-12-5)11-6-3-9-10-4-6/h1,3-4,11H,2,8H2,(H,9,10).